The van der Waals surface area contributed by atoms with Crippen molar-refractivity contribution in [3.05, 3.63) is 41.6 Å². The maximum absolute atomic E-state index is 5.90. The summed E-state index contributed by atoms with van der Waals surface area (Å²) in [5.74, 6) is 0.622. The van der Waals surface area contributed by atoms with Crippen LogP contribution in [0.2, 0.25) is 0 Å². The van der Waals surface area contributed by atoms with Crippen LogP contribution < -0.4 is 0 Å². The van der Waals surface area contributed by atoms with Gasteiger partial charge in [-0.15, -0.1) is 0 Å². The van der Waals surface area contributed by atoms with Crippen molar-refractivity contribution in [2.45, 2.75) is 13.3 Å². The lowest BCUT2D eigenvalue weighted by molar-refractivity contribution is 1.24. The molecule has 0 fully saturated rings. The Labute approximate surface area is 104 Å². The van der Waals surface area contributed by atoms with E-state index in [1.54, 1.807) is 12.3 Å². The summed E-state index contributed by atoms with van der Waals surface area (Å²) in [6, 6.07) is 6.19. The summed E-state index contributed by atoms with van der Waals surface area (Å²) in [6.07, 6.45) is 4.10. The van der Waals surface area contributed by atoms with E-state index in [0.717, 1.165) is 17.8 Å². The van der Waals surface area contributed by atoms with Gasteiger partial charge in [0.05, 0.1) is 11.4 Å². The van der Waals surface area contributed by atoms with Crippen molar-refractivity contribution in [1.29, 1.82) is 0 Å². The van der Waals surface area contributed by atoms with Gasteiger partial charge in [-0.1, -0.05) is 29.3 Å². The van der Waals surface area contributed by atoms with E-state index in [1.165, 1.54) is 11.1 Å². The predicted octanol–water partition coefficient (Wildman–Crippen LogP) is 3.19. The van der Waals surface area contributed by atoms with Gasteiger partial charge in [-0.25, -0.2) is 9.98 Å². The van der Waals surface area contributed by atoms with Crippen molar-refractivity contribution in [1.82, 2.24) is 0 Å². The van der Waals surface area contributed by atoms with Crippen LogP contribution in [0.4, 0.5) is 5.69 Å². The molecule has 0 N–H and O–H groups in total. The van der Waals surface area contributed by atoms with Gasteiger partial charge in [0, 0.05) is 12.6 Å². The number of amidine groups is 1. The van der Waals surface area contributed by atoms with Crippen LogP contribution in [-0.4, -0.2) is 16.7 Å². The highest BCUT2D eigenvalue weighted by atomic mass is 35.5. The SMILES string of the molecule is Cc1ccc2c(c1)CC1=NC=CC(Cl)=NC1=N2. The van der Waals surface area contributed by atoms with Crippen LogP contribution in [0.15, 0.2) is 45.5 Å². The monoisotopic (exact) mass is 243 g/mol. The minimum Gasteiger partial charge on any atom is -0.257 e. The number of hydrogen-bond acceptors (Lipinski definition) is 3. The largest absolute Gasteiger partial charge is 0.257 e. The van der Waals surface area contributed by atoms with E-state index in [2.05, 4.69) is 28.0 Å². The van der Waals surface area contributed by atoms with Gasteiger partial charge in [0.15, 0.2) is 5.84 Å². The Bertz CT molecular complexity index is 609. The third kappa shape index (κ3) is 1.94. The molecular formula is C13H10ClN3. The molecule has 0 bridgehead atoms. The molecule has 0 saturated carbocycles. The molecule has 1 aromatic carbocycles. The quantitative estimate of drug-likeness (QED) is 0.671. The topological polar surface area (TPSA) is 37.1 Å². The highest BCUT2D eigenvalue weighted by Crippen LogP contribution is 2.26. The Morgan fingerprint density at radius 2 is 2.12 bits per heavy atom. The average Bonchev–Trinajstić information content (AvgIpc) is 2.46. The number of aliphatic imine (C=N–C) groups is 3. The molecule has 0 amide bonds. The Balaban J connectivity index is 2.16. The van der Waals surface area contributed by atoms with Gasteiger partial charge in [-0.3, -0.25) is 4.99 Å². The van der Waals surface area contributed by atoms with E-state index in [-0.39, 0.29) is 0 Å². The lowest BCUT2D eigenvalue weighted by Gasteiger charge is -2.14. The summed E-state index contributed by atoms with van der Waals surface area (Å²) >= 11 is 5.90. The first-order chi connectivity index (χ1) is 8.22. The van der Waals surface area contributed by atoms with Crippen molar-refractivity contribution in [2.24, 2.45) is 15.0 Å². The van der Waals surface area contributed by atoms with Gasteiger partial charge < -0.3 is 0 Å². The average molecular weight is 244 g/mol. The molecule has 0 unspecified atom stereocenters. The predicted molar refractivity (Wildman–Crippen MR) is 71.8 cm³/mol. The fourth-order valence-electron chi connectivity index (χ4n) is 1.92. The summed E-state index contributed by atoms with van der Waals surface area (Å²) in [7, 11) is 0. The van der Waals surface area contributed by atoms with Gasteiger partial charge in [0.25, 0.3) is 0 Å². The van der Waals surface area contributed by atoms with Crippen LogP contribution in [0.25, 0.3) is 0 Å². The van der Waals surface area contributed by atoms with E-state index in [9.17, 15) is 0 Å². The summed E-state index contributed by atoms with van der Waals surface area (Å²) in [4.78, 5) is 13.1. The van der Waals surface area contributed by atoms with E-state index in [0.29, 0.717) is 11.0 Å². The molecule has 2 aliphatic heterocycles. The Morgan fingerprint density at radius 3 is 3.00 bits per heavy atom. The number of rotatable bonds is 0. The second-order valence-corrected chi connectivity index (χ2v) is 4.46. The Kier molecular flexibility index (Phi) is 2.41. The molecule has 1 aromatic rings. The number of allylic oxidation sites excluding steroid dienone is 1. The number of fused-ring (bicyclic) bond motifs is 2. The summed E-state index contributed by atoms with van der Waals surface area (Å²) in [6.45, 7) is 2.07. The fourth-order valence-corrected chi connectivity index (χ4v) is 2.06. The van der Waals surface area contributed by atoms with Crippen LogP contribution in [0.1, 0.15) is 11.1 Å². The Morgan fingerprint density at radius 1 is 1.24 bits per heavy atom. The maximum Gasteiger partial charge on any atom is 0.176 e. The van der Waals surface area contributed by atoms with Gasteiger partial charge in [-0.05, 0) is 24.6 Å². The molecule has 4 heteroatoms. The zero-order valence-electron chi connectivity index (χ0n) is 9.31. The fraction of sp³-hybridized carbons (Fsp3) is 0.154. The van der Waals surface area contributed by atoms with Crippen LogP contribution in [-0.2, 0) is 6.42 Å². The summed E-state index contributed by atoms with van der Waals surface area (Å²) in [5, 5.41) is 0.415. The molecule has 0 aromatic heterocycles. The van der Waals surface area contributed by atoms with Crippen molar-refractivity contribution >= 4 is 34.0 Å². The smallest absolute Gasteiger partial charge is 0.176 e. The molecule has 3 rings (SSSR count). The molecule has 0 aliphatic carbocycles. The lowest BCUT2D eigenvalue weighted by Crippen LogP contribution is -2.18. The molecule has 3 nitrogen and oxygen atoms in total. The molecule has 84 valence electrons. The summed E-state index contributed by atoms with van der Waals surface area (Å²) < 4.78 is 0. The molecule has 17 heavy (non-hydrogen) atoms. The number of aryl methyl sites for hydroxylation is 1. The standard InChI is InChI=1S/C13H10ClN3/c1-8-2-3-10-9(6-8)7-11-13(16-10)17-12(14)4-5-15-11/h2-6H,7H2,1H3. The number of benzene rings is 1. The maximum atomic E-state index is 5.90. The zero-order chi connectivity index (χ0) is 11.8. The molecule has 0 atom stereocenters. The van der Waals surface area contributed by atoms with Crippen LogP contribution in [0.3, 0.4) is 0 Å². The summed E-state index contributed by atoms with van der Waals surface area (Å²) in [5.41, 5.74) is 4.25. The minimum absolute atomic E-state index is 0.415. The zero-order valence-corrected chi connectivity index (χ0v) is 10.1. The lowest BCUT2D eigenvalue weighted by atomic mass is 10.0. The molecule has 0 spiro atoms. The Hall–Kier alpha value is -1.74. The van der Waals surface area contributed by atoms with Gasteiger partial charge in [-0.2, -0.15) is 0 Å². The van der Waals surface area contributed by atoms with Crippen LogP contribution in [0.5, 0.6) is 0 Å². The van der Waals surface area contributed by atoms with Crippen LogP contribution in [0, 0.1) is 6.92 Å². The van der Waals surface area contributed by atoms with Gasteiger partial charge >= 0.3 is 0 Å². The van der Waals surface area contributed by atoms with E-state index in [4.69, 9.17) is 11.6 Å². The molecule has 2 aliphatic rings. The second kappa shape index (κ2) is 3.93. The first-order valence-corrected chi connectivity index (χ1v) is 5.76. The normalized spacial score (nSPS) is 17.4. The molecule has 0 saturated heterocycles. The van der Waals surface area contributed by atoms with Crippen molar-refractivity contribution < 1.29 is 0 Å². The van der Waals surface area contributed by atoms with Crippen LogP contribution >= 0.6 is 11.6 Å². The highest BCUT2D eigenvalue weighted by Gasteiger charge is 2.19. The van der Waals surface area contributed by atoms with E-state index < -0.39 is 0 Å². The van der Waals surface area contributed by atoms with Crippen molar-refractivity contribution in [3.63, 3.8) is 0 Å². The molecular weight excluding hydrogens is 234 g/mol. The third-order valence-corrected chi connectivity index (χ3v) is 2.94. The minimum atomic E-state index is 0.415. The van der Waals surface area contributed by atoms with Gasteiger partial charge in [0.2, 0.25) is 0 Å². The first-order valence-electron chi connectivity index (χ1n) is 5.38. The number of nitrogens with zero attached hydrogens (tertiary/aromatic N) is 3. The second-order valence-electron chi connectivity index (χ2n) is 4.07. The van der Waals surface area contributed by atoms with E-state index in [1.807, 2.05) is 12.1 Å². The molecule has 2 heterocycles. The number of halogens is 1. The van der Waals surface area contributed by atoms with E-state index >= 15 is 0 Å². The third-order valence-electron chi connectivity index (χ3n) is 2.73. The van der Waals surface area contributed by atoms with Crippen molar-refractivity contribution in [3.8, 4) is 0 Å². The first kappa shape index (κ1) is 10.4. The van der Waals surface area contributed by atoms with Crippen molar-refractivity contribution in [2.75, 3.05) is 0 Å². The molecule has 0 radical (unpaired) electrons. The number of hydrogen-bond donors (Lipinski definition) is 0. The van der Waals surface area contributed by atoms with Gasteiger partial charge in [0.1, 0.15) is 5.17 Å². The highest BCUT2D eigenvalue weighted by molar-refractivity contribution is 6.70.